The first-order chi connectivity index (χ1) is 13.8. The molecule has 154 valence electrons. The van der Waals surface area contributed by atoms with Gasteiger partial charge in [0.05, 0.1) is 17.9 Å². The summed E-state index contributed by atoms with van der Waals surface area (Å²) in [5.74, 6) is -0.519. The van der Waals surface area contributed by atoms with Crippen LogP contribution in [0.1, 0.15) is 35.3 Å². The van der Waals surface area contributed by atoms with Gasteiger partial charge in [-0.05, 0) is 51.0 Å². The van der Waals surface area contributed by atoms with Crippen molar-refractivity contribution in [3.05, 3.63) is 59.2 Å². The van der Waals surface area contributed by atoms with E-state index in [0.717, 1.165) is 16.8 Å². The highest BCUT2D eigenvalue weighted by Gasteiger charge is 2.15. The number of benzene rings is 2. The van der Waals surface area contributed by atoms with E-state index in [9.17, 15) is 14.4 Å². The van der Waals surface area contributed by atoms with Crippen molar-refractivity contribution in [2.45, 2.75) is 38.6 Å². The van der Waals surface area contributed by atoms with Crippen LogP contribution in [0.4, 0.5) is 5.69 Å². The van der Waals surface area contributed by atoms with E-state index < -0.39 is 0 Å². The van der Waals surface area contributed by atoms with Crippen LogP contribution in [0.3, 0.4) is 0 Å². The molecule has 0 aliphatic rings. The van der Waals surface area contributed by atoms with E-state index in [1.807, 2.05) is 52.0 Å². The van der Waals surface area contributed by atoms with E-state index >= 15 is 0 Å². The summed E-state index contributed by atoms with van der Waals surface area (Å²) in [6.45, 7) is 7.49. The maximum Gasteiger partial charge on any atom is 0.252 e. The number of rotatable bonds is 8. The molecule has 3 N–H and O–H groups in total. The second-order valence-electron chi connectivity index (χ2n) is 7.00. The fourth-order valence-electron chi connectivity index (χ4n) is 2.74. The lowest BCUT2D eigenvalue weighted by Gasteiger charge is -2.13. The molecule has 0 aliphatic heterocycles. The zero-order valence-electron chi connectivity index (χ0n) is 17.2. The van der Waals surface area contributed by atoms with Crippen molar-refractivity contribution in [3.63, 3.8) is 0 Å². The Morgan fingerprint density at radius 3 is 2.24 bits per heavy atom. The van der Waals surface area contributed by atoms with Crippen molar-refractivity contribution < 1.29 is 14.4 Å². The standard InChI is InChI=1S/C22H27N3O3S/c1-14(2)24-20(27)13-29-18-11-6-5-10-17(18)22(28)23-12-19(26)25-21-15(3)8-7-9-16(21)4/h5-11,14H,12-13H2,1-4H3,(H,23,28)(H,24,27)(H,25,26). The first kappa shape index (κ1) is 22.5. The SMILES string of the molecule is Cc1cccc(C)c1NC(=O)CNC(=O)c1ccccc1SCC(=O)NC(C)C. The summed E-state index contributed by atoms with van der Waals surface area (Å²) < 4.78 is 0. The van der Waals surface area contributed by atoms with Gasteiger partial charge in [0, 0.05) is 16.6 Å². The molecule has 0 heterocycles. The third-order valence-corrected chi connectivity index (χ3v) is 5.17. The Balaban J connectivity index is 1.95. The van der Waals surface area contributed by atoms with Crippen LogP contribution in [0.5, 0.6) is 0 Å². The quantitative estimate of drug-likeness (QED) is 0.580. The molecule has 7 heteroatoms. The summed E-state index contributed by atoms with van der Waals surface area (Å²) in [4.78, 5) is 37.4. The second kappa shape index (κ2) is 10.7. The Kier molecular flexibility index (Phi) is 8.27. The predicted octanol–water partition coefficient (Wildman–Crippen LogP) is 3.29. The van der Waals surface area contributed by atoms with Gasteiger partial charge in [0.15, 0.2) is 0 Å². The van der Waals surface area contributed by atoms with Gasteiger partial charge in [0.1, 0.15) is 0 Å². The number of carbonyl (C=O) groups is 3. The largest absolute Gasteiger partial charge is 0.353 e. The molecule has 2 aromatic rings. The van der Waals surface area contributed by atoms with E-state index in [4.69, 9.17) is 0 Å². The summed E-state index contributed by atoms with van der Waals surface area (Å²) in [6.07, 6.45) is 0. The van der Waals surface area contributed by atoms with Crippen molar-refractivity contribution in [3.8, 4) is 0 Å². The molecular formula is C22H27N3O3S. The van der Waals surface area contributed by atoms with E-state index in [-0.39, 0.29) is 36.1 Å². The molecule has 0 spiro atoms. The van der Waals surface area contributed by atoms with Crippen LogP contribution in [0, 0.1) is 13.8 Å². The number of para-hydroxylation sites is 1. The van der Waals surface area contributed by atoms with Crippen LogP contribution in [0.2, 0.25) is 0 Å². The summed E-state index contributed by atoms with van der Waals surface area (Å²) in [6, 6.07) is 12.9. The Morgan fingerprint density at radius 2 is 1.59 bits per heavy atom. The van der Waals surface area contributed by atoms with Crippen molar-refractivity contribution >= 4 is 35.2 Å². The minimum atomic E-state index is -0.353. The predicted molar refractivity (Wildman–Crippen MR) is 117 cm³/mol. The summed E-state index contributed by atoms with van der Waals surface area (Å²) >= 11 is 1.29. The number of carbonyl (C=O) groups excluding carboxylic acids is 3. The molecule has 0 unspecified atom stereocenters. The lowest BCUT2D eigenvalue weighted by Crippen LogP contribution is -2.33. The van der Waals surface area contributed by atoms with Crippen LogP contribution < -0.4 is 16.0 Å². The van der Waals surface area contributed by atoms with Gasteiger partial charge in [-0.1, -0.05) is 30.3 Å². The molecule has 29 heavy (non-hydrogen) atoms. The van der Waals surface area contributed by atoms with Gasteiger partial charge in [-0.2, -0.15) is 0 Å². The fraction of sp³-hybridized carbons (Fsp3) is 0.318. The highest BCUT2D eigenvalue weighted by atomic mass is 32.2. The first-order valence-corrected chi connectivity index (χ1v) is 10.4. The van der Waals surface area contributed by atoms with Crippen molar-refractivity contribution in [1.82, 2.24) is 10.6 Å². The number of amides is 3. The van der Waals surface area contributed by atoms with Crippen LogP contribution in [0.25, 0.3) is 0 Å². The molecular weight excluding hydrogens is 386 g/mol. The number of nitrogens with one attached hydrogen (secondary N) is 3. The Morgan fingerprint density at radius 1 is 0.931 bits per heavy atom. The van der Waals surface area contributed by atoms with E-state index in [2.05, 4.69) is 16.0 Å². The Bertz CT molecular complexity index is 876. The fourth-order valence-corrected chi connectivity index (χ4v) is 3.60. The zero-order valence-corrected chi connectivity index (χ0v) is 18.0. The highest BCUT2D eigenvalue weighted by Crippen LogP contribution is 2.22. The molecule has 0 saturated carbocycles. The number of aryl methyl sites for hydroxylation is 2. The Hall–Kier alpha value is -2.80. The van der Waals surface area contributed by atoms with Gasteiger partial charge in [0.25, 0.3) is 5.91 Å². The van der Waals surface area contributed by atoms with E-state index in [1.165, 1.54) is 11.8 Å². The molecule has 0 aliphatic carbocycles. The average Bonchev–Trinajstić information content (AvgIpc) is 2.67. The molecule has 0 atom stereocenters. The summed E-state index contributed by atoms with van der Waals surface area (Å²) in [5.41, 5.74) is 3.13. The summed E-state index contributed by atoms with van der Waals surface area (Å²) in [5, 5.41) is 8.32. The number of thioether (sulfide) groups is 1. The van der Waals surface area contributed by atoms with Gasteiger partial charge >= 0.3 is 0 Å². The van der Waals surface area contributed by atoms with Crippen LogP contribution in [0.15, 0.2) is 47.4 Å². The molecule has 0 saturated heterocycles. The van der Waals surface area contributed by atoms with E-state index in [1.54, 1.807) is 18.2 Å². The number of hydrogen-bond acceptors (Lipinski definition) is 4. The zero-order chi connectivity index (χ0) is 21.4. The lowest BCUT2D eigenvalue weighted by atomic mass is 10.1. The maximum atomic E-state index is 12.6. The number of anilines is 1. The van der Waals surface area contributed by atoms with Crippen molar-refractivity contribution in [1.29, 1.82) is 0 Å². The number of hydrogen-bond donors (Lipinski definition) is 3. The topological polar surface area (TPSA) is 87.3 Å². The normalized spacial score (nSPS) is 10.5. The monoisotopic (exact) mass is 413 g/mol. The third kappa shape index (κ3) is 6.94. The van der Waals surface area contributed by atoms with Gasteiger partial charge < -0.3 is 16.0 Å². The highest BCUT2D eigenvalue weighted by molar-refractivity contribution is 8.00. The maximum absolute atomic E-state index is 12.6. The smallest absolute Gasteiger partial charge is 0.252 e. The average molecular weight is 414 g/mol. The molecule has 0 radical (unpaired) electrons. The van der Waals surface area contributed by atoms with E-state index in [0.29, 0.717) is 10.5 Å². The Labute approximate surface area is 175 Å². The van der Waals surface area contributed by atoms with Crippen LogP contribution in [-0.2, 0) is 9.59 Å². The lowest BCUT2D eigenvalue weighted by molar-refractivity contribution is -0.119. The van der Waals surface area contributed by atoms with Crippen LogP contribution in [-0.4, -0.2) is 36.1 Å². The van der Waals surface area contributed by atoms with Gasteiger partial charge in [0.2, 0.25) is 11.8 Å². The van der Waals surface area contributed by atoms with Crippen LogP contribution >= 0.6 is 11.8 Å². The minimum Gasteiger partial charge on any atom is -0.353 e. The molecule has 0 aromatic heterocycles. The van der Waals surface area contributed by atoms with Crippen molar-refractivity contribution in [2.75, 3.05) is 17.6 Å². The molecule has 0 bridgehead atoms. The molecule has 6 nitrogen and oxygen atoms in total. The van der Waals surface area contributed by atoms with Gasteiger partial charge in [-0.25, -0.2) is 0 Å². The molecule has 2 rings (SSSR count). The molecule has 0 fully saturated rings. The summed E-state index contributed by atoms with van der Waals surface area (Å²) in [7, 11) is 0. The first-order valence-electron chi connectivity index (χ1n) is 9.43. The van der Waals surface area contributed by atoms with Gasteiger partial charge in [-0.3, -0.25) is 14.4 Å². The third-order valence-electron chi connectivity index (χ3n) is 4.10. The molecule has 2 aromatic carbocycles. The molecule has 3 amide bonds. The van der Waals surface area contributed by atoms with Crippen molar-refractivity contribution in [2.24, 2.45) is 0 Å². The second-order valence-corrected chi connectivity index (χ2v) is 8.02. The minimum absolute atomic E-state index is 0.0667. The van der Waals surface area contributed by atoms with Gasteiger partial charge in [-0.15, -0.1) is 11.8 Å².